The van der Waals surface area contributed by atoms with Crippen LogP contribution in [0.5, 0.6) is 0 Å². The van der Waals surface area contributed by atoms with Crippen molar-refractivity contribution in [2.75, 3.05) is 12.3 Å². The number of anilines is 1. The predicted molar refractivity (Wildman–Crippen MR) is 93.0 cm³/mol. The molecule has 1 saturated heterocycles. The van der Waals surface area contributed by atoms with Crippen molar-refractivity contribution in [2.24, 2.45) is 0 Å². The summed E-state index contributed by atoms with van der Waals surface area (Å²) in [6.07, 6.45) is -1.18. The lowest BCUT2D eigenvalue weighted by Crippen LogP contribution is -2.47. The fraction of sp³-hybridized carbons (Fsp3) is 0.353. The van der Waals surface area contributed by atoms with E-state index in [-0.39, 0.29) is 23.4 Å². The van der Waals surface area contributed by atoms with Gasteiger partial charge < -0.3 is 31.0 Å². The maximum Gasteiger partial charge on any atom is 0.251 e. The van der Waals surface area contributed by atoms with Gasteiger partial charge in [0.25, 0.3) is 5.82 Å². The molecule has 0 saturated carbocycles. The second-order valence-electron chi connectivity index (χ2n) is 6.52. The lowest BCUT2D eigenvalue weighted by molar-refractivity contribution is -0.592. The molecule has 3 aromatic rings. The van der Waals surface area contributed by atoms with Gasteiger partial charge in [-0.25, -0.2) is 9.71 Å². The van der Waals surface area contributed by atoms with Gasteiger partial charge in [0.05, 0.1) is 6.61 Å². The van der Waals surface area contributed by atoms with E-state index in [4.69, 9.17) is 10.5 Å². The van der Waals surface area contributed by atoms with E-state index in [1.807, 2.05) is 30.3 Å². The van der Waals surface area contributed by atoms with Gasteiger partial charge in [-0.2, -0.15) is 0 Å². The highest BCUT2D eigenvalue weighted by molar-refractivity contribution is 5.79. The Hall–Kier alpha value is -2.79. The van der Waals surface area contributed by atoms with Crippen LogP contribution in [0.3, 0.4) is 0 Å². The zero-order valence-electron chi connectivity index (χ0n) is 14.2. The Morgan fingerprint density at radius 1 is 1.26 bits per heavy atom. The minimum atomic E-state index is -1.49. The van der Waals surface area contributed by atoms with Gasteiger partial charge in [0.2, 0.25) is 12.0 Å². The molecular formula is C17H19N5O5. The van der Waals surface area contributed by atoms with Crippen molar-refractivity contribution in [3.8, 4) is 0 Å². The molecule has 10 heteroatoms. The zero-order valence-corrected chi connectivity index (χ0v) is 14.2. The van der Waals surface area contributed by atoms with Crippen molar-refractivity contribution in [3.05, 3.63) is 53.8 Å². The van der Waals surface area contributed by atoms with Crippen LogP contribution in [0.15, 0.2) is 43.0 Å². The van der Waals surface area contributed by atoms with E-state index in [9.17, 15) is 20.5 Å². The van der Waals surface area contributed by atoms with Crippen LogP contribution in [0.4, 0.5) is 5.82 Å². The highest BCUT2D eigenvalue weighted by atomic mass is 16.6. The molecule has 142 valence electrons. The molecule has 5 N–H and O–H groups in total. The van der Waals surface area contributed by atoms with E-state index < -0.39 is 30.6 Å². The largest absolute Gasteiger partial charge is 0.740 e. The topological polar surface area (TPSA) is 154 Å². The second kappa shape index (κ2) is 6.43. The Balaban J connectivity index is 1.90. The summed E-state index contributed by atoms with van der Waals surface area (Å²) in [4.78, 5) is 8.22. The molecule has 4 atom stereocenters. The first-order valence-electron chi connectivity index (χ1n) is 8.38. The van der Waals surface area contributed by atoms with Crippen molar-refractivity contribution in [1.29, 1.82) is 0 Å². The Morgan fingerprint density at radius 2 is 2.00 bits per heavy atom. The van der Waals surface area contributed by atoms with Crippen molar-refractivity contribution in [3.63, 3.8) is 0 Å². The molecule has 0 amide bonds. The monoisotopic (exact) mass is 373 g/mol. The summed E-state index contributed by atoms with van der Waals surface area (Å²) in [5, 5.41) is 42.5. The number of benzene rings is 1. The Bertz CT molecular complexity index is 965. The summed E-state index contributed by atoms with van der Waals surface area (Å²) >= 11 is 0. The van der Waals surface area contributed by atoms with Crippen molar-refractivity contribution in [2.45, 2.75) is 30.5 Å². The maximum absolute atomic E-state index is 11.7. The van der Waals surface area contributed by atoms with Crippen LogP contribution in [0.1, 0.15) is 5.56 Å². The second-order valence-corrected chi connectivity index (χ2v) is 6.52. The molecular weight excluding hydrogens is 354 g/mol. The molecule has 0 unspecified atom stereocenters. The van der Waals surface area contributed by atoms with Gasteiger partial charge in [-0.05, 0) is 5.56 Å². The van der Waals surface area contributed by atoms with Crippen LogP contribution < -0.4 is 10.5 Å². The van der Waals surface area contributed by atoms with Crippen LogP contribution in [0.25, 0.3) is 11.2 Å². The molecule has 2 aromatic heterocycles. The molecule has 3 heterocycles. The van der Waals surface area contributed by atoms with E-state index in [1.54, 1.807) is 0 Å². The predicted octanol–water partition coefficient (Wildman–Crippen LogP) is -1.34. The van der Waals surface area contributed by atoms with Crippen molar-refractivity contribution >= 4 is 17.0 Å². The van der Waals surface area contributed by atoms with Crippen molar-refractivity contribution in [1.82, 2.24) is 14.5 Å². The number of aliphatic hydroxyl groups is 3. The molecule has 27 heavy (non-hydrogen) atoms. The van der Waals surface area contributed by atoms with Gasteiger partial charge in [-0.1, -0.05) is 35.3 Å². The normalized spacial score (nSPS) is 28.0. The van der Waals surface area contributed by atoms with Gasteiger partial charge in [0.15, 0.2) is 11.2 Å². The van der Waals surface area contributed by atoms with Gasteiger partial charge in [-0.3, -0.25) is 4.57 Å². The number of aromatic nitrogens is 4. The minimum absolute atomic E-state index is 0.139. The zero-order chi connectivity index (χ0) is 19.2. The molecule has 0 radical (unpaired) electrons. The number of hydrogen-bond acceptors (Lipinski definition) is 8. The minimum Gasteiger partial charge on any atom is -0.740 e. The summed E-state index contributed by atoms with van der Waals surface area (Å²) < 4.78 is 7.80. The summed E-state index contributed by atoms with van der Waals surface area (Å²) in [7, 11) is 0. The van der Waals surface area contributed by atoms with Crippen LogP contribution in [-0.2, 0) is 16.9 Å². The number of aliphatic hydroxyl groups excluding tert-OH is 3. The van der Waals surface area contributed by atoms with Gasteiger partial charge in [0, 0.05) is 6.42 Å². The first kappa shape index (κ1) is 17.6. The first-order valence-corrected chi connectivity index (χ1v) is 8.38. The van der Waals surface area contributed by atoms with Gasteiger partial charge >= 0.3 is 0 Å². The van der Waals surface area contributed by atoms with Gasteiger partial charge in [0.1, 0.15) is 24.6 Å². The molecule has 0 bridgehead atoms. The highest BCUT2D eigenvalue weighted by Crippen LogP contribution is 2.40. The molecule has 1 aliphatic rings. The molecule has 1 aliphatic heterocycles. The van der Waals surface area contributed by atoms with Crippen LogP contribution >= 0.6 is 0 Å². The Morgan fingerprint density at radius 3 is 2.67 bits per heavy atom. The Labute approximate surface area is 153 Å². The van der Waals surface area contributed by atoms with E-state index >= 15 is 0 Å². The summed E-state index contributed by atoms with van der Waals surface area (Å²) in [6, 6.07) is 9.24. The van der Waals surface area contributed by atoms with E-state index in [1.165, 1.54) is 10.9 Å². The fourth-order valence-corrected chi connectivity index (χ4v) is 3.53. The Kier molecular flexibility index (Phi) is 4.19. The number of nitrogens with zero attached hydrogens (tertiary/aromatic N) is 4. The van der Waals surface area contributed by atoms with Gasteiger partial charge in [-0.15, -0.1) is 0 Å². The average molecular weight is 373 g/mol. The standard InChI is InChI=1S/C17H19N5O5/c18-15-12-16(20-9-22(15)26)21(8-19-12)17(6-10-4-2-1-3-5-10)14(25)13(24)11(7-23)27-17/h1-5,8-9,11,13-14,23-25H,6-7,18H2/t11-,13-,14-,17-/m1/s1. The van der Waals surface area contributed by atoms with E-state index in [0.29, 0.717) is 4.73 Å². The molecule has 10 nitrogen and oxygen atoms in total. The van der Waals surface area contributed by atoms with Crippen LogP contribution in [-0.4, -0.2) is 54.8 Å². The highest BCUT2D eigenvalue weighted by Gasteiger charge is 2.56. The quantitative estimate of drug-likeness (QED) is 0.323. The van der Waals surface area contributed by atoms with E-state index in [0.717, 1.165) is 11.9 Å². The molecule has 0 aliphatic carbocycles. The number of ether oxygens (including phenoxy) is 1. The third kappa shape index (κ3) is 2.61. The van der Waals surface area contributed by atoms with E-state index in [2.05, 4.69) is 9.97 Å². The third-order valence-corrected chi connectivity index (χ3v) is 4.92. The lowest BCUT2D eigenvalue weighted by atomic mass is 9.95. The summed E-state index contributed by atoms with van der Waals surface area (Å²) in [5.74, 6) is -0.139. The molecule has 1 aromatic carbocycles. The summed E-state index contributed by atoms with van der Waals surface area (Å²) in [5.41, 5.74) is 5.49. The molecule has 1 fully saturated rings. The number of hydrogen-bond donors (Lipinski definition) is 4. The van der Waals surface area contributed by atoms with Crippen LogP contribution in [0, 0.1) is 5.21 Å². The van der Waals surface area contributed by atoms with Crippen LogP contribution in [0.2, 0.25) is 0 Å². The number of imidazole rings is 1. The lowest BCUT2D eigenvalue weighted by Gasteiger charge is -2.33. The fourth-order valence-electron chi connectivity index (χ4n) is 3.53. The number of fused-ring (bicyclic) bond motifs is 1. The molecule has 0 spiro atoms. The van der Waals surface area contributed by atoms with Crippen molar-refractivity contribution < 1.29 is 24.8 Å². The maximum atomic E-state index is 11.7. The number of nitrogen functional groups attached to an aromatic ring is 1. The SMILES string of the molecule is Nc1c2ncn([C@]3(Cc4ccccc4)O[C@H](CO)[C@@H](O)[C@H]3O)c2nc[n+]1[O-]. The average Bonchev–Trinajstić information content (AvgIpc) is 3.22. The third-order valence-electron chi connectivity index (χ3n) is 4.92. The molecule has 4 rings (SSSR count). The number of rotatable bonds is 4. The first-order chi connectivity index (χ1) is 13.0. The smallest absolute Gasteiger partial charge is 0.251 e. The summed E-state index contributed by atoms with van der Waals surface area (Å²) in [6.45, 7) is -0.475. The number of nitrogens with two attached hydrogens (primary N) is 1.